The second-order valence-electron chi connectivity index (χ2n) is 7.08. The van der Waals surface area contributed by atoms with Crippen molar-refractivity contribution in [3.05, 3.63) is 101 Å². The summed E-state index contributed by atoms with van der Waals surface area (Å²) in [5.74, 6) is 5.11. The van der Waals surface area contributed by atoms with Gasteiger partial charge in [0.25, 0.3) is 0 Å². The Balaban J connectivity index is 1.77. The topological polar surface area (TPSA) is 85.0 Å². The van der Waals surface area contributed by atoms with Crippen LogP contribution in [-0.4, -0.2) is 30.1 Å². The molecule has 7 heteroatoms. The summed E-state index contributed by atoms with van der Waals surface area (Å²) in [4.78, 5) is 29.5. The van der Waals surface area contributed by atoms with Crippen molar-refractivity contribution in [1.82, 2.24) is 0 Å². The lowest BCUT2D eigenvalue weighted by molar-refractivity contribution is -0.147. The maximum atomic E-state index is 13.9. The number of ether oxygens (including phenoxy) is 1. The van der Waals surface area contributed by atoms with Gasteiger partial charge in [0.2, 0.25) is 0 Å². The number of halogens is 1. The van der Waals surface area contributed by atoms with Crippen LogP contribution in [0.15, 0.2) is 83.9 Å². The van der Waals surface area contributed by atoms with Gasteiger partial charge in [-0.15, -0.1) is 0 Å². The van der Waals surface area contributed by atoms with Crippen LogP contribution >= 0.6 is 0 Å². The number of benzodiazepines with no additional fused rings is 1. The summed E-state index contributed by atoms with van der Waals surface area (Å²) in [5.41, 5.74) is 2.71. The maximum Gasteiger partial charge on any atom is 0.333 e. The number of anilines is 1. The quantitative estimate of drug-likeness (QED) is 0.392. The van der Waals surface area contributed by atoms with Gasteiger partial charge in [0, 0.05) is 11.1 Å². The molecule has 3 aromatic carbocycles. The summed E-state index contributed by atoms with van der Waals surface area (Å²) in [6.45, 7) is 0.0318. The number of hydrogen-bond acceptors (Lipinski definition) is 6. The van der Waals surface area contributed by atoms with Gasteiger partial charge in [-0.1, -0.05) is 60.7 Å². The third-order valence-electron chi connectivity index (χ3n) is 5.05. The fraction of sp³-hybridized carbons (Fsp3) is 0.125. The van der Waals surface area contributed by atoms with Crippen molar-refractivity contribution in [1.29, 1.82) is 0 Å². The van der Waals surface area contributed by atoms with Crippen molar-refractivity contribution in [3.8, 4) is 0 Å². The van der Waals surface area contributed by atoms with Gasteiger partial charge >= 0.3 is 5.97 Å². The highest BCUT2D eigenvalue weighted by molar-refractivity contribution is 6.17. The van der Waals surface area contributed by atoms with E-state index in [0.29, 0.717) is 28.8 Å². The zero-order chi connectivity index (χ0) is 21.8. The summed E-state index contributed by atoms with van der Waals surface area (Å²) < 4.78 is 19.4. The van der Waals surface area contributed by atoms with Crippen LogP contribution in [0.25, 0.3) is 0 Å². The second kappa shape index (κ2) is 8.89. The molecule has 2 atom stereocenters. The number of aliphatic imine (C=N–C) groups is 1. The van der Waals surface area contributed by atoms with Crippen molar-refractivity contribution in [2.24, 2.45) is 10.8 Å². The monoisotopic (exact) mass is 417 g/mol. The first kappa shape index (κ1) is 20.4. The Morgan fingerprint density at radius 2 is 1.81 bits per heavy atom. The molecule has 6 nitrogen and oxygen atoms in total. The van der Waals surface area contributed by atoms with Crippen LogP contribution in [0, 0.1) is 5.82 Å². The van der Waals surface area contributed by atoms with E-state index < -0.39 is 23.9 Å². The first-order valence-electron chi connectivity index (χ1n) is 9.71. The minimum atomic E-state index is -1.23. The highest BCUT2D eigenvalue weighted by atomic mass is 19.1. The Kier molecular flexibility index (Phi) is 5.86. The Bertz CT molecular complexity index is 1130. The molecule has 0 aromatic heterocycles. The molecule has 2 N–H and O–H groups in total. The van der Waals surface area contributed by atoms with Crippen LogP contribution in [0.4, 0.5) is 10.1 Å². The van der Waals surface area contributed by atoms with Crippen LogP contribution in [0.3, 0.4) is 0 Å². The largest absolute Gasteiger partial charge is 0.459 e. The number of nitrogens with two attached hydrogens (primary N) is 1. The first-order chi connectivity index (χ1) is 15.1. The van der Waals surface area contributed by atoms with Crippen LogP contribution < -0.4 is 10.9 Å². The predicted octanol–water partition coefficient (Wildman–Crippen LogP) is 3.04. The Labute approximate surface area is 178 Å². The number of para-hydroxylation sites is 1. The van der Waals surface area contributed by atoms with Gasteiger partial charge in [0.15, 0.2) is 6.04 Å². The summed E-state index contributed by atoms with van der Waals surface area (Å²) >= 11 is 0. The van der Waals surface area contributed by atoms with Crippen LogP contribution in [0.5, 0.6) is 0 Å². The molecular weight excluding hydrogens is 397 g/mol. The lowest BCUT2D eigenvalue weighted by Gasteiger charge is -2.27. The minimum Gasteiger partial charge on any atom is -0.459 e. The SMILES string of the molecule is NN1c2ccccc2C(c2cccc(F)c2)=NC(C(=O)OCc2ccccc2)C1C=O. The molecule has 1 aliphatic heterocycles. The molecular formula is C24H20FN3O3. The van der Waals surface area contributed by atoms with Crippen LogP contribution in [0.1, 0.15) is 16.7 Å². The van der Waals surface area contributed by atoms with Crippen molar-refractivity contribution in [2.75, 3.05) is 5.01 Å². The number of nitrogens with zero attached hydrogens (tertiary/aromatic N) is 2. The molecule has 0 spiro atoms. The normalized spacial score (nSPS) is 17.9. The Morgan fingerprint density at radius 1 is 1.06 bits per heavy atom. The average Bonchev–Trinajstić information content (AvgIpc) is 2.92. The number of esters is 1. The number of fused-ring (bicyclic) bond motifs is 1. The number of rotatable bonds is 5. The standard InChI is InChI=1S/C24H20FN3O3/c25-18-10-6-9-17(13-18)22-19-11-4-5-12-20(19)28(26)21(14-29)23(27-22)24(30)31-15-16-7-2-1-3-8-16/h1-14,21,23H,15,26H2. The highest BCUT2D eigenvalue weighted by Crippen LogP contribution is 2.29. The second-order valence-corrected chi connectivity index (χ2v) is 7.08. The number of carbonyl (C=O) groups is 2. The third kappa shape index (κ3) is 4.22. The van der Waals surface area contributed by atoms with Gasteiger partial charge in [-0.3, -0.25) is 10.0 Å². The van der Waals surface area contributed by atoms with Crippen molar-refractivity contribution in [2.45, 2.75) is 18.7 Å². The minimum absolute atomic E-state index is 0.0318. The molecule has 1 heterocycles. The molecule has 1 aliphatic rings. The van der Waals surface area contributed by atoms with Gasteiger partial charge < -0.3 is 9.53 Å². The summed E-state index contributed by atoms with van der Waals surface area (Å²) in [6.07, 6.45) is 0.573. The number of hydrazine groups is 1. The number of benzene rings is 3. The average molecular weight is 417 g/mol. The molecule has 0 aliphatic carbocycles. The summed E-state index contributed by atoms with van der Waals surface area (Å²) in [6, 6.07) is 19.8. The predicted molar refractivity (Wildman–Crippen MR) is 115 cm³/mol. The molecule has 0 radical (unpaired) electrons. The van der Waals surface area contributed by atoms with E-state index in [4.69, 9.17) is 10.6 Å². The molecule has 0 amide bonds. The molecule has 31 heavy (non-hydrogen) atoms. The summed E-state index contributed by atoms with van der Waals surface area (Å²) in [5, 5.41) is 1.21. The molecule has 0 bridgehead atoms. The maximum absolute atomic E-state index is 13.9. The smallest absolute Gasteiger partial charge is 0.333 e. The van der Waals surface area contributed by atoms with Crippen LogP contribution in [0.2, 0.25) is 0 Å². The fourth-order valence-corrected chi connectivity index (χ4v) is 3.51. The van der Waals surface area contributed by atoms with Gasteiger partial charge in [-0.05, 0) is 23.8 Å². The molecule has 0 saturated carbocycles. The van der Waals surface area contributed by atoms with Gasteiger partial charge in [-0.25, -0.2) is 15.0 Å². The van der Waals surface area contributed by atoms with E-state index in [1.165, 1.54) is 17.1 Å². The van der Waals surface area contributed by atoms with Crippen molar-refractivity contribution < 1.29 is 18.7 Å². The molecule has 156 valence electrons. The van der Waals surface area contributed by atoms with Gasteiger partial charge in [0.05, 0.1) is 11.4 Å². The van der Waals surface area contributed by atoms with E-state index in [1.54, 1.807) is 36.4 Å². The Morgan fingerprint density at radius 3 is 2.55 bits per heavy atom. The van der Waals surface area contributed by atoms with E-state index in [-0.39, 0.29) is 6.61 Å². The van der Waals surface area contributed by atoms with Crippen molar-refractivity contribution >= 4 is 23.7 Å². The fourth-order valence-electron chi connectivity index (χ4n) is 3.51. The summed E-state index contributed by atoms with van der Waals surface area (Å²) in [7, 11) is 0. The van der Waals surface area contributed by atoms with E-state index in [9.17, 15) is 14.0 Å². The first-order valence-corrected chi connectivity index (χ1v) is 9.71. The molecule has 0 saturated heterocycles. The van der Waals surface area contributed by atoms with Crippen molar-refractivity contribution in [3.63, 3.8) is 0 Å². The number of carbonyl (C=O) groups excluding carboxylic acids is 2. The number of aldehydes is 1. The zero-order valence-electron chi connectivity index (χ0n) is 16.5. The molecule has 4 rings (SSSR count). The van der Waals surface area contributed by atoms with E-state index in [1.807, 2.05) is 30.3 Å². The number of hydrogen-bond donors (Lipinski definition) is 1. The van der Waals surface area contributed by atoms with Gasteiger partial charge in [0.1, 0.15) is 24.8 Å². The molecule has 0 fully saturated rings. The zero-order valence-corrected chi connectivity index (χ0v) is 16.5. The molecule has 3 aromatic rings. The highest BCUT2D eigenvalue weighted by Gasteiger charge is 2.37. The lowest BCUT2D eigenvalue weighted by Crippen LogP contribution is -2.51. The van der Waals surface area contributed by atoms with E-state index >= 15 is 0 Å². The van der Waals surface area contributed by atoms with Crippen LogP contribution in [-0.2, 0) is 20.9 Å². The van der Waals surface area contributed by atoms with E-state index in [2.05, 4.69) is 4.99 Å². The van der Waals surface area contributed by atoms with Gasteiger partial charge in [-0.2, -0.15) is 0 Å². The Hall–Kier alpha value is -3.84. The van der Waals surface area contributed by atoms with E-state index in [0.717, 1.165) is 5.56 Å². The third-order valence-corrected chi connectivity index (χ3v) is 5.05. The lowest BCUT2D eigenvalue weighted by atomic mass is 10.0. The molecule has 2 unspecified atom stereocenters.